The summed E-state index contributed by atoms with van der Waals surface area (Å²) in [5, 5.41) is 3.14. The molecule has 0 aliphatic carbocycles. The molecule has 3 nitrogen and oxygen atoms in total. The van der Waals surface area contributed by atoms with Crippen LogP contribution in [0.1, 0.15) is 6.92 Å². The zero-order chi connectivity index (χ0) is 12.7. The minimum Gasteiger partial charge on any atom is -0.450 e. The maximum Gasteiger partial charge on any atom is 0.404 e. The van der Waals surface area contributed by atoms with Gasteiger partial charge < -0.3 is 10.5 Å². The molecule has 17 heavy (non-hydrogen) atoms. The summed E-state index contributed by atoms with van der Waals surface area (Å²) in [6.45, 7) is 2.06. The highest BCUT2D eigenvalue weighted by Gasteiger charge is 1.93. The fourth-order valence-corrected chi connectivity index (χ4v) is 1.57. The topological polar surface area (TPSA) is 52.3 Å². The van der Waals surface area contributed by atoms with Gasteiger partial charge in [-0.25, -0.2) is 4.79 Å². The van der Waals surface area contributed by atoms with E-state index in [1.54, 1.807) is 6.92 Å². The molecule has 0 fully saturated rings. The highest BCUT2D eigenvalue weighted by atomic mass is 35.5. The molecule has 0 spiro atoms. The largest absolute Gasteiger partial charge is 0.450 e. The van der Waals surface area contributed by atoms with Crippen molar-refractivity contribution in [1.29, 1.82) is 0 Å². The van der Waals surface area contributed by atoms with Crippen LogP contribution in [0, 0.1) is 0 Å². The Morgan fingerprint density at radius 1 is 1.24 bits per heavy atom. The number of ether oxygens (including phenoxy) is 1. The minimum absolute atomic E-state index is 0.356. The molecule has 2 N–H and O–H groups in total. The maximum atomic E-state index is 9.60. The number of benzene rings is 2. The third-order valence-electron chi connectivity index (χ3n) is 2.02. The van der Waals surface area contributed by atoms with Gasteiger partial charge in [0, 0.05) is 10.4 Å². The van der Waals surface area contributed by atoms with E-state index in [1.165, 1.54) is 5.39 Å². The molecule has 4 heteroatoms. The summed E-state index contributed by atoms with van der Waals surface area (Å²) in [4.78, 5) is 9.60. The number of carbonyl (C=O) groups is 1. The van der Waals surface area contributed by atoms with Crippen LogP contribution in [0.15, 0.2) is 42.5 Å². The van der Waals surface area contributed by atoms with Gasteiger partial charge in [0.05, 0.1) is 6.61 Å². The average Bonchev–Trinajstić information content (AvgIpc) is 2.30. The minimum atomic E-state index is -0.711. The van der Waals surface area contributed by atoms with Crippen LogP contribution in [-0.2, 0) is 4.74 Å². The van der Waals surface area contributed by atoms with E-state index in [4.69, 9.17) is 11.6 Å². The molecule has 0 aromatic heterocycles. The average molecular weight is 252 g/mol. The predicted octanol–water partition coefficient (Wildman–Crippen LogP) is 3.59. The highest BCUT2D eigenvalue weighted by molar-refractivity contribution is 6.35. The lowest BCUT2D eigenvalue weighted by molar-refractivity contribution is 0.163. The smallest absolute Gasteiger partial charge is 0.404 e. The van der Waals surface area contributed by atoms with Crippen LogP contribution in [0.3, 0.4) is 0 Å². The number of nitrogens with two attached hydrogens (primary N) is 1. The lowest BCUT2D eigenvalue weighted by atomic mass is 10.1. The molecule has 0 saturated carbocycles. The first kappa shape index (κ1) is 13.3. The fourth-order valence-electron chi connectivity index (χ4n) is 1.33. The summed E-state index contributed by atoms with van der Waals surface area (Å²) in [5.41, 5.74) is 4.54. The Labute approximate surface area is 105 Å². The van der Waals surface area contributed by atoms with Crippen LogP contribution in [0.2, 0.25) is 5.02 Å². The third kappa shape index (κ3) is 4.33. The van der Waals surface area contributed by atoms with Crippen LogP contribution in [0.25, 0.3) is 10.8 Å². The normalized spacial score (nSPS) is 9.29. The second-order valence-electron chi connectivity index (χ2n) is 3.21. The van der Waals surface area contributed by atoms with E-state index in [0.717, 1.165) is 10.4 Å². The Morgan fingerprint density at radius 2 is 1.88 bits per heavy atom. The van der Waals surface area contributed by atoms with Crippen molar-refractivity contribution in [3.8, 4) is 0 Å². The number of fused-ring (bicyclic) bond motifs is 1. The van der Waals surface area contributed by atoms with Gasteiger partial charge in [-0.1, -0.05) is 48.0 Å². The molecule has 1 amide bonds. The number of carbonyl (C=O) groups excluding carboxylic acids is 1. The predicted molar refractivity (Wildman–Crippen MR) is 70.2 cm³/mol. The fraction of sp³-hybridized carbons (Fsp3) is 0.154. The van der Waals surface area contributed by atoms with Crippen molar-refractivity contribution in [1.82, 2.24) is 0 Å². The first-order chi connectivity index (χ1) is 8.15. The van der Waals surface area contributed by atoms with Crippen LogP contribution < -0.4 is 5.73 Å². The van der Waals surface area contributed by atoms with Crippen LogP contribution in [-0.4, -0.2) is 12.7 Å². The van der Waals surface area contributed by atoms with Crippen molar-refractivity contribution in [3.63, 3.8) is 0 Å². The molecule has 2 aromatic carbocycles. The monoisotopic (exact) mass is 251 g/mol. The van der Waals surface area contributed by atoms with Crippen molar-refractivity contribution in [2.45, 2.75) is 6.92 Å². The van der Waals surface area contributed by atoms with Gasteiger partial charge in [0.15, 0.2) is 0 Å². The van der Waals surface area contributed by atoms with Crippen LogP contribution >= 0.6 is 11.6 Å². The maximum absolute atomic E-state index is 9.60. The van der Waals surface area contributed by atoms with Crippen molar-refractivity contribution < 1.29 is 9.53 Å². The summed E-state index contributed by atoms with van der Waals surface area (Å²) in [6, 6.07) is 14.0. The van der Waals surface area contributed by atoms with Crippen molar-refractivity contribution >= 4 is 28.5 Å². The molecular weight excluding hydrogens is 238 g/mol. The van der Waals surface area contributed by atoms with Crippen LogP contribution in [0.5, 0.6) is 0 Å². The van der Waals surface area contributed by atoms with E-state index >= 15 is 0 Å². The first-order valence-corrected chi connectivity index (χ1v) is 5.58. The van der Waals surface area contributed by atoms with E-state index in [0.29, 0.717) is 6.61 Å². The Morgan fingerprint density at radius 3 is 2.41 bits per heavy atom. The number of hydrogen-bond donors (Lipinski definition) is 1. The van der Waals surface area contributed by atoms with E-state index in [1.807, 2.05) is 30.3 Å². The molecule has 2 rings (SSSR count). The Kier molecular flexibility index (Phi) is 5.30. The van der Waals surface area contributed by atoms with E-state index in [2.05, 4.69) is 22.6 Å². The zero-order valence-electron chi connectivity index (χ0n) is 9.52. The molecule has 0 bridgehead atoms. The molecule has 0 aliphatic heterocycles. The Bertz CT molecular complexity index is 494. The molecule has 0 radical (unpaired) electrons. The standard InChI is InChI=1S/C10H7Cl.C3H7NO2/c11-10-7-3-5-8-4-1-2-6-9(8)10;1-2-6-3(4)5/h1-7H;2H2,1H3,(H2,4,5). The second kappa shape index (κ2) is 6.76. The van der Waals surface area contributed by atoms with Crippen molar-refractivity contribution in [2.75, 3.05) is 6.61 Å². The van der Waals surface area contributed by atoms with E-state index < -0.39 is 6.09 Å². The summed E-state index contributed by atoms with van der Waals surface area (Å²) in [6.07, 6.45) is -0.711. The Balaban J connectivity index is 0.000000209. The Hall–Kier alpha value is -1.74. The summed E-state index contributed by atoms with van der Waals surface area (Å²) in [5.74, 6) is 0. The highest BCUT2D eigenvalue weighted by Crippen LogP contribution is 2.21. The van der Waals surface area contributed by atoms with Gasteiger partial charge in [0.2, 0.25) is 0 Å². The summed E-state index contributed by atoms with van der Waals surface area (Å²) >= 11 is 5.96. The van der Waals surface area contributed by atoms with Crippen molar-refractivity contribution in [3.05, 3.63) is 47.5 Å². The lowest BCUT2D eigenvalue weighted by Crippen LogP contribution is -2.11. The number of rotatable bonds is 1. The van der Waals surface area contributed by atoms with E-state index in [9.17, 15) is 4.79 Å². The quantitative estimate of drug-likeness (QED) is 0.842. The lowest BCUT2D eigenvalue weighted by Gasteiger charge is -1.97. The van der Waals surface area contributed by atoms with Gasteiger partial charge in [-0.2, -0.15) is 0 Å². The second-order valence-corrected chi connectivity index (χ2v) is 3.62. The molecular formula is C13H14ClNO2. The molecule has 0 heterocycles. The molecule has 0 atom stereocenters. The molecule has 0 unspecified atom stereocenters. The van der Waals surface area contributed by atoms with Gasteiger partial charge in [0.25, 0.3) is 0 Å². The molecule has 0 saturated heterocycles. The van der Waals surface area contributed by atoms with Crippen LogP contribution in [0.4, 0.5) is 4.79 Å². The molecule has 90 valence electrons. The van der Waals surface area contributed by atoms with Gasteiger partial charge in [-0.15, -0.1) is 0 Å². The van der Waals surface area contributed by atoms with Crippen molar-refractivity contribution in [2.24, 2.45) is 5.73 Å². The number of primary amides is 1. The first-order valence-electron chi connectivity index (χ1n) is 5.20. The van der Waals surface area contributed by atoms with Gasteiger partial charge in [-0.05, 0) is 18.4 Å². The van der Waals surface area contributed by atoms with Gasteiger partial charge in [-0.3, -0.25) is 0 Å². The number of halogens is 1. The van der Waals surface area contributed by atoms with E-state index in [-0.39, 0.29) is 0 Å². The SMILES string of the molecule is CCOC(N)=O.Clc1cccc2ccccc12. The van der Waals surface area contributed by atoms with Gasteiger partial charge in [0.1, 0.15) is 0 Å². The number of hydrogen-bond acceptors (Lipinski definition) is 2. The third-order valence-corrected chi connectivity index (χ3v) is 2.35. The molecule has 0 aliphatic rings. The number of amides is 1. The van der Waals surface area contributed by atoms with Gasteiger partial charge >= 0.3 is 6.09 Å². The summed E-state index contributed by atoms with van der Waals surface area (Å²) in [7, 11) is 0. The summed E-state index contributed by atoms with van der Waals surface area (Å²) < 4.78 is 4.18. The zero-order valence-corrected chi connectivity index (χ0v) is 10.3. The molecule has 2 aromatic rings.